The minimum Gasteiger partial charge on any atom is -0.543 e. The van der Waals surface area contributed by atoms with Crippen LogP contribution in [-0.4, -0.2) is 8.32 Å². The molecule has 0 aliphatic rings. The summed E-state index contributed by atoms with van der Waals surface area (Å²) >= 11 is 6.19. The number of rotatable bonds is 2. The summed E-state index contributed by atoms with van der Waals surface area (Å²) in [5.41, 5.74) is 0.722. The molecule has 98 valence electrons. The van der Waals surface area contributed by atoms with Gasteiger partial charge in [0.15, 0.2) is 5.58 Å². The summed E-state index contributed by atoms with van der Waals surface area (Å²) in [6, 6.07) is 5.73. The molecular formula is C14H19ClO2Si. The highest BCUT2D eigenvalue weighted by molar-refractivity contribution is 6.74. The quantitative estimate of drug-likeness (QED) is 0.682. The van der Waals surface area contributed by atoms with Crippen LogP contribution in [0.1, 0.15) is 20.8 Å². The Morgan fingerprint density at radius 2 is 1.89 bits per heavy atom. The van der Waals surface area contributed by atoms with Crippen molar-refractivity contribution in [3.8, 4) is 5.75 Å². The summed E-state index contributed by atoms with van der Waals surface area (Å²) in [5.74, 6) is 0.834. The van der Waals surface area contributed by atoms with Crippen molar-refractivity contribution in [2.75, 3.05) is 0 Å². The van der Waals surface area contributed by atoms with E-state index in [0.29, 0.717) is 5.02 Å². The highest BCUT2D eigenvalue weighted by atomic mass is 35.5. The molecule has 1 aromatic carbocycles. The normalized spacial score (nSPS) is 13.0. The summed E-state index contributed by atoms with van der Waals surface area (Å²) in [4.78, 5) is 0. The van der Waals surface area contributed by atoms with Gasteiger partial charge in [0.1, 0.15) is 5.75 Å². The minimum atomic E-state index is -1.82. The predicted molar refractivity (Wildman–Crippen MR) is 79.0 cm³/mol. The summed E-state index contributed by atoms with van der Waals surface area (Å²) < 4.78 is 11.6. The van der Waals surface area contributed by atoms with E-state index >= 15 is 0 Å². The predicted octanol–water partition coefficient (Wildman–Crippen LogP) is 5.47. The lowest BCUT2D eigenvalue weighted by atomic mass is 10.2. The van der Waals surface area contributed by atoms with Crippen molar-refractivity contribution in [1.82, 2.24) is 0 Å². The van der Waals surface area contributed by atoms with Crippen LogP contribution in [-0.2, 0) is 0 Å². The maximum Gasteiger partial charge on any atom is 0.250 e. The van der Waals surface area contributed by atoms with Crippen LogP contribution in [0, 0.1) is 0 Å². The van der Waals surface area contributed by atoms with Gasteiger partial charge in [0.05, 0.1) is 11.3 Å². The molecule has 0 bridgehead atoms. The van der Waals surface area contributed by atoms with Gasteiger partial charge in [-0.25, -0.2) is 0 Å². The van der Waals surface area contributed by atoms with Crippen LogP contribution < -0.4 is 4.43 Å². The molecule has 18 heavy (non-hydrogen) atoms. The Bertz CT molecular complexity index is 567. The Balaban J connectivity index is 2.38. The topological polar surface area (TPSA) is 22.4 Å². The number of halogens is 1. The van der Waals surface area contributed by atoms with Gasteiger partial charge in [0, 0.05) is 11.5 Å². The third-order valence-electron chi connectivity index (χ3n) is 3.66. The van der Waals surface area contributed by atoms with E-state index in [9.17, 15) is 0 Å². The third kappa shape index (κ3) is 2.42. The number of hydrogen-bond donors (Lipinski definition) is 0. The fourth-order valence-corrected chi connectivity index (χ4v) is 2.79. The fraction of sp³-hybridized carbons (Fsp3) is 0.429. The highest BCUT2D eigenvalue weighted by Gasteiger charge is 2.39. The Morgan fingerprint density at radius 1 is 1.22 bits per heavy atom. The van der Waals surface area contributed by atoms with Crippen molar-refractivity contribution in [3.63, 3.8) is 0 Å². The van der Waals surface area contributed by atoms with Crippen molar-refractivity contribution in [1.29, 1.82) is 0 Å². The van der Waals surface area contributed by atoms with Crippen LogP contribution in [0.2, 0.25) is 23.2 Å². The van der Waals surface area contributed by atoms with Crippen LogP contribution >= 0.6 is 11.6 Å². The first-order chi connectivity index (χ1) is 8.21. The smallest absolute Gasteiger partial charge is 0.250 e. The molecule has 0 saturated carbocycles. The molecule has 2 aromatic rings. The van der Waals surface area contributed by atoms with Crippen LogP contribution in [0.25, 0.3) is 11.0 Å². The molecule has 0 fully saturated rings. The number of fused-ring (bicyclic) bond motifs is 1. The van der Waals surface area contributed by atoms with E-state index in [-0.39, 0.29) is 5.04 Å². The molecule has 0 unspecified atom stereocenters. The van der Waals surface area contributed by atoms with Gasteiger partial charge in [0.2, 0.25) is 8.32 Å². The fourth-order valence-electron chi connectivity index (χ4n) is 1.52. The van der Waals surface area contributed by atoms with Gasteiger partial charge in [-0.05, 0) is 30.3 Å². The van der Waals surface area contributed by atoms with Crippen LogP contribution in [0.5, 0.6) is 5.75 Å². The Hall–Kier alpha value is -0.933. The van der Waals surface area contributed by atoms with E-state index < -0.39 is 8.32 Å². The van der Waals surface area contributed by atoms with Gasteiger partial charge in [-0.3, -0.25) is 0 Å². The van der Waals surface area contributed by atoms with Crippen molar-refractivity contribution >= 4 is 30.9 Å². The van der Waals surface area contributed by atoms with Crippen LogP contribution in [0.4, 0.5) is 0 Å². The minimum absolute atomic E-state index is 0.171. The molecular weight excluding hydrogens is 264 g/mol. The zero-order valence-corrected chi connectivity index (χ0v) is 13.3. The van der Waals surface area contributed by atoms with Crippen molar-refractivity contribution in [2.24, 2.45) is 0 Å². The molecule has 1 heterocycles. The monoisotopic (exact) mass is 282 g/mol. The number of furan rings is 1. The van der Waals surface area contributed by atoms with E-state index in [4.69, 9.17) is 20.4 Å². The molecule has 2 nitrogen and oxygen atoms in total. The molecule has 0 amide bonds. The largest absolute Gasteiger partial charge is 0.543 e. The molecule has 0 radical (unpaired) electrons. The summed E-state index contributed by atoms with van der Waals surface area (Å²) in [7, 11) is -1.82. The van der Waals surface area contributed by atoms with Crippen LogP contribution in [0.15, 0.2) is 28.9 Å². The zero-order valence-electron chi connectivity index (χ0n) is 11.5. The molecule has 0 N–H and O–H groups in total. The average molecular weight is 283 g/mol. The molecule has 1 aromatic heterocycles. The first-order valence-electron chi connectivity index (χ1n) is 6.06. The Labute approximate surface area is 114 Å². The van der Waals surface area contributed by atoms with Gasteiger partial charge in [-0.15, -0.1) is 0 Å². The van der Waals surface area contributed by atoms with Crippen molar-refractivity contribution < 1.29 is 8.84 Å². The van der Waals surface area contributed by atoms with E-state index in [1.807, 2.05) is 18.2 Å². The summed E-state index contributed by atoms with van der Waals surface area (Å²) in [5, 5.41) is 1.76. The SMILES string of the molecule is CC(C)(C)[Si](C)(C)Oc1cc(Cl)c2occc2c1. The Kier molecular flexibility index (Phi) is 3.24. The van der Waals surface area contributed by atoms with E-state index in [2.05, 4.69) is 33.9 Å². The van der Waals surface area contributed by atoms with Gasteiger partial charge in [-0.1, -0.05) is 32.4 Å². The summed E-state index contributed by atoms with van der Waals surface area (Å²) in [6.45, 7) is 11.1. The second-order valence-corrected chi connectivity index (χ2v) is 11.2. The van der Waals surface area contributed by atoms with Crippen molar-refractivity contribution in [2.45, 2.75) is 38.9 Å². The first kappa shape index (κ1) is 13.5. The Morgan fingerprint density at radius 3 is 2.50 bits per heavy atom. The molecule has 4 heteroatoms. The van der Waals surface area contributed by atoms with E-state index in [0.717, 1.165) is 16.7 Å². The van der Waals surface area contributed by atoms with Gasteiger partial charge in [0.25, 0.3) is 0 Å². The maximum absolute atomic E-state index is 6.24. The maximum atomic E-state index is 6.24. The molecule has 0 atom stereocenters. The zero-order chi connectivity index (χ0) is 13.6. The first-order valence-corrected chi connectivity index (χ1v) is 9.35. The summed E-state index contributed by atoms with van der Waals surface area (Å²) in [6.07, 6.45) is 1.65. The second kappa shape index (κ2) is 4.32. The van der Waals surface area contributed by atoms with E-state index in [1.54, 1.807) is 6.26 Å². The van der Waals surface area contributed by atoms with Gasteiger partial charge >= 0.3 is 0 Å². The third-order valence-corrected chi connectivity index (χ3v) is 8.30. The lowest BCUT2D eigenvalue weighted by Crippen LogP contribution is -2.43. The highest BCUT2D eigenvalue weighted by Crippen LogP contribution is 2.39. The van der Waals surface area contributed by atoms with Crippen molar-refractivity contribution in [3.05, 3.63) is 29.5 Å². The standard InChI is InChI=1S/C14H19ClO2Si/c1-14(2,3)18(4,5)17-11-8-10-6-7-16-13(10)12(15)9-11/h6-9H,1-5H3. The van der Waals surface area contributed by atoms with Gasteiger partial charge in [-0.2, -0.15) is 0 Å². The average Bonchev–Trinajstić information content (AvgIpc) is 2.63. The molecule has 2 rings (SSSR count). The second-order valence-electron chi connectivity index (χ2n) is 6.11. The molecule has 0 saturated heterocycles. The van der Waals surface area contributed by atoms with Gasteiger partial charge < -0.3 is 8.84 Å². The van der Waals surface area contributed by atoms with Crippen LogP contribution in [0.3, 0.4) is 0 Å². The lowest BCUT2D eigenvalue weighted by Gasteiger charge is -2.36. The van der Waals surface area contributed by atoms with E-state index in [1.165, 1.54) is 0 Å². The molecule has 0 aliphatic heterocycles. The number of hydrogen-bond acceptors (Lipinski definition) is 2. The molecule has 0 aliphatic carbocycles. The lowest BCUT2D eigenvalue weighted by molar-refractivity contribution is 0.492. The molecule has 0 spiro atoms. The number of benzene rings is 1.